The minimum atomic E-state index is -0.562. The molecule has 2 aromatic heterocycles. The summed E-state index contributed by atoms with van der Waals surface area (Å²) >= 11 is 1.70. The van der Waals surface area contributed by atoms with Gasteiger partial charge in [-0.05, 0) is 85.1 Å². The van der Waals surface area contributed by atoms with E-state index in [0.29, 0.717) is 37.2 Å². The van der Waals surface area contributed by atoms with Crippen molar-refractivity contribution in [2.24, 2.45) is 0 Å². The largest absolute Gasteiger partial charge is 0.497 e. The molecule has 0 saturated heterocycles. The van der Waals surface area contributed by atoms with Gasteiger partial charge in [-0.25, -0.2) is 9.97 Å². The third-order valence-electron chi connectivity index (χ3n) is 9.41. The molecule has 5 aromatic rings. The van der Waals surface area contributed by atoms with E-state index in [1.807, 2.05) is 43.5 Å². The number of ether oxygens (including phenoxy) is 4. The highest BCUT2D eigenvalue weighted by Crippen LogP contribution is 2.35. The zero-order valence-electron chi connectivity index (χ0n) is 32.6. The lowest BCUT2D eigenvalue weighted by Gasteiger charge is -2.30. The zero-order chi connectivity index (χ0) is 38.5. The molecule has 12 heteroatoms. The molecule has 0 bridgehead atoms. The van der Waals surface area contributed by atoms with E-state index in [9.17, 15) is 5.11 Å². The van der Waals surface area contributed by atoms with Gasteiger partial charge in [-0.15, -0.1) is 11.8 Å². The fourth-order valence-corrected chi connectivity index (χ4v) is 6.95. The average Bonchev–Trinajstić information content (AvgIpc) is 3.20. The SMILES string of the molecule is CCCCC(C)(CO)Nc1nc(NCc2ccc(OC)cc2OC)nc2cc(-c3cc(SCc4ccc(OC)cc4)ncc3CN(C)CCOC)ccc12. The van der Waals surface area contributed by atoms with Gasteiger partial charge in [-0.1, -0.05) is 38.0 Å². The number of aliphatic hydroxyl groups is 1. The summed E-state index contributed by atoms with van der Waals surface area (Å²) in [6, 6.07) is 22.4. The van der Waals surface area contributed by atoms with Crippen LogP contribution in [0.15, 0.2) is 78.0 Å². The number of hydrogen-bond acceptors (Lipinski definition) is 12. The molecule has 0 aliphatic rings. The van der Waals surface area contributed by atoms with Crippen molar-refractivity contribution < 1.29 is 24.1 Å². The molecule has 0 fully saturated rings. The first-order chi connectivity index (χ1) is 26.2. The van der Waals surface area contributed by atoms with Crippen molar-refractivity contribution >= 4 is 34.4 Å². The number of anilines is 2. The van der Waals surface area contributed by atoms with Crippen LogP contribution >= 0.6 is 11.8 Å². The summed E-state index contributed by atoms with van der Waals surface area (Å²) in [4.78, 5) is 17.1. The van der Waals surface area contributed by atoms with Crippen molar-refractivity contribution in [1.82, 2.24) is 19.9 Å². The van der Waals surface area contributed by atoms with Crippen molar-refractivity contribution in [3.63, 3.8) is 0 Å². The lowest BCUT2D eigenvalue weighted by Crippen LogP contribution is -2.39. The topological polar surface area (TPSA) is 123 Å². The predicted octanol–water partition coefficient (Wildman–Crippen LogP) is 8.05. The van der Waals surface area contributed by atoms with E-state index in [4.69, 9.17) is 33.9 Å². The van der Waals surface area contributed by atoms with Crippen molar-refractivity contribution in [1.29, 1.82) is 0 Å². The van der Waals surface area contributed by atoms with E-state index < -0.39 is 5.54 Å². The summed E-state index contributed by atoms with van der Waals surface area (Å²) < 4.78 is 21.7. The molecule has 0 aliphatic carbocycles. The van der Waals surface area contributed by atoms with Crippen LogP contribution in [0.25, 0.3) is 22.0 Å². The van der Waals surface area contributed by atoms with Gasteiger partial charge in [0.15, 0.2) is 0 Å². The third-order valence-corrected chi connectivity index (χ3v) is 10.4. The van der Waals surface area contributed by atoms with Crippen LogP contribution in [0.1, 0.15) is 49.8 Å². The summed E-state index contributed by atoms with van der Waals surface area (Å²) in [5, 5.41) is 19.3. The van der Waals surface area contributed by atoms with Crippen LogP contribution < -0.4 is 24.8 Å². The van der Waals surface area contributed by atoms with Crippen molar-refractivity contribution in [3.8, 4) is 28.4 Å². The molecule has 0 saturated carbocycles. The summed E-state index contributed by atoms with van der Waals surface area (Å²) in [6.45, 7) is 6.72. The Morgan fingerprint density at radius 3 is 2.37 bits per heavy atom. The second kappa shape index (κ2) is 19.6. The number of aliphatic hydroxyl groups excluding tert-OH is 1. The van der Waals surface area contributed by atoms with Crippen molar-refractivity contribution in [2.75, 3.05) is 65.9 Å². The Hall–Kier alpha value is -4.62. The van der Waals surface area contributed by atoms with Gasteiger partial charge < -0.3 is 34.7 Å². The molecule has 2 heterocycles. The first-order valence-electron chi connectivity index (χ1n) is 18.3. The number of thioether (sulfide) groups is 1. The number of hydrogen-bond donors (Lipinski definition) is 3. The highest BCUT2D eigenvalue weighted by Gasteiger charge is 2.25. The Balaban J connectivity index is 1.55. The molecule has 3 aromatic carbocycles. The monoisotopic (exact) mass is 754 g/mol. The summed E-state index contributed by atoms with van der Waals surface area (Å²) in [5.41, 5.74) is 5.55. The van der Waals surface area contributed by atoms with E-state index in [1.165, 1.54) is 5.56 Å². The fraction of sp³-hybridized carbons (Fsp3) is 0.405. The Morgan fingerprint density at radius 2 is 1.67 bits per heavy atom. The molecule has 54 heavy (non-hydrogen) atoms. The Labute approximate surface area is 323 Å². The Kier molecular flexibility index (Phi) is 14.7. The molecule has 3 N–H and O–H groups in total. The number of aromatic nitrogens is 3. The molecule has 288 valence electrons. The molecule has 0 spiro atoms. The second-order valence-corrected chi connectivity index (χ2v) is 14.6. The highest BCUT2D eigenvalue weighted by molar-refractivity contribution is 7.98. The van der Waals surface area contributed by atoms with Crippen LogP contribution in [0.4, 0.5) is 11.8 Å². The number of rotatable bonds is 21. The van der Waals surface area contributed by atoms with Crippen LogP contribution in [0.5, 0.6) is 17.2 Å². The number of likely N-dealkylation sites (N-methyl/N-ethyl adjacent to an activating group) is 1. The lowest BCUT2D eigenvalue weighted by atomic mass is 9.95. The minimum Gasteiger partial charge on any atom is -0.497 e. The van der Waals surface area contributed by atoms with E-state index >= 15 is 0 Å². The number of benzene rings is 3. The zero-order valence-corrected chi connectivity index (χ0v) is 33.4. The van der Waals surface area contributed by atoms with Gasteiger partial charge in [-0.2, -0.15) is 4.98 Å². The molecule has 0 radical (unpaired) electrons. The maximum absolute atomic E-state index is 10.5. The maximum atomic E-state index is 10.5. The van der Waals surface area contributed by atoms with E-state index in [2.05, 4.69) is 65.9 Å². The number of nitrogens with zero attached hydrogens (tertiary/aromatic N) is 4. The van der Waals surface area contributed by atoms with E-state index in [0.717, 1.165) is 81.2 Å². The first kappa shape index (κ1) is 40.6. The van der Waals surface area contributed by atoms with Crippen LogP contribution in [0, 0.1) is 0 Å². The summed E-state index contributed by atoms with van der Waals surface area (Å²) in [6.07, 6.45) is 4.78. The summed E-state index contributed by atoms with van der Waals surface area (Å²) in [7, 11) is 8.77. The Morgan fingerprint density at radius 1 is 0.889 bits per heavy atom. The van der Waals surface area contributed by atoms with Gasteiger partial charge in [0.2, 0.25) is 5.95 Å². The number of pyridine rings is 1. The predicted molar refractivity (Wildman–Crippen MR) is 219 cm³/mol. The molecule has 1 unspecified atom stereocenters. The average molecular weight is 755 g/mol. The van der Waals surface area contributed by atoms with Gasteiger partial charge in [0, 0.05) is 55.7 Å². The van der Waals surface area contributed by atoms with Crippen LogP contribution in [0.2, 0.25) is 0 Å². The molecule has 11 nitrogen and oxygen atoms in total. The molecular weight excluding hydrogens is 701 g/mol. The van der Waals surface area contributed by atoms with Gasteiger partial charge >= 0.3 is 0 Å². The molecule has 5 rings (SSSR count). The standard InChI is InChI=1S/C42H54N6O5S/c1-8-9-18-42(2,28-49)47-40-35-17-13-30(21-37(35)45-41(46-40)44-24-31-12-16-34(52-6)22-38(31)53-7)36-23-39(43-25-32(36)26-48(3)19-20-50-4)54-27-29-10-14-33(51-5)15-11-29/h10-17,21-23,25,49H,8-9,18-20,24,26-28H2,1-7H3,(H2,44,45,46,47). The second-order valence-electron chi connectivity index (χ2n) is 13.7. The quantitative estimate of drug-likeness (QED) is 0.0629. The number of methoxy groups -OCH3 is 4. The third kappa shape index (κ3) is 10.7. The van der Waals surface area contributed by atoms with Crippen LogP contribution in [-0.2, 0) is 23.6 Å². The van der Waals surface area contributed by atoms with E-state index in [-0.39, 0.29) is 6.61 Å². The Bertz CT molecular complexity index is 1960. The van der Waals surface area contributed by atoms with Gasteiger partial charge in [-0.3, -0.25) is 4.90 Å². The number of fused-ring (bicyclic) bond motifs is 1. The smallest absolute Gasteiger partial charge is 0.225 e. The van der Waals surface area contributed by atoms with Crippen molar-refractivity contribution in [3.05, 3.63) is 89.6 Å². The summed E-state index contributed by atoms with van der Waals surface area (Å²) in [5.74, 6) is 4.16. The van der Waals surface area contributed by atoms with Crippen LogP contribution in [0.3, 0.4) is 0 Å². The fourth-order valence-electron chi connectivity index (χ4n) is 6.11. The van der Waals surface area contributed by atoms with Gasteiger partial charge in [0.05, 0.1) is 50.6 Å². The first-order valence-corrected chi connectivity index (χ1v) is 19.3. The molecule has 0 amide bonds. The molecule has 1 atom stereocenters. The van der Waals surface area contributed by atoms with Gasteiger partial charge in [0.1, 0.15) is 23.1 Å². The highest BCUT2D eigenvalue weighted by atomic mass is 32.2. The van der Waals surface area contributed by atoms with Crippen LogP contribution in [-0.4, -0.2) is 85.7 Å². The number of nitrogens with one attached hydrogen (secondary N) is 2. The van der Waals surface area contributed by atoms with Gasteiger partial charge in [0.25, 0.3) is 0 Å². The normalized spacial score (nSPS) is 12.5. The molecule has 0 aliphatic heterocycles. The van der Waals surface area contributed by atoms with E-state index in [1.54, 1.807) is 40.2 Å². The maximum Gasteiger partial charge on any atom is 0.225 e. The minimum absolute atomic E-state index is 0.0314. The lowest BCUT2D eigenvalue weighted by molar-refractivity contribution is 0.158. The molecular formula is C42H54N6O5S. The van der Waals surface area contributed by atoms with Crippen molar-refractivity contribution in [2.45, 2.75) is 62.5 Å². The number of unbranched alkanes of at least 4 members (excludes halogenated alkanes) is 1.